The third-order valence-corrected chi connectivity index (χ3v) is 11.2. The molecule has 0 saturated heterocycles. The lowest BCUT2D eigenvalue weighted by molar-refractivity contribution is 1.19. The van der Waals surface area contributed by atoms with Crippen molar-refractivity contribution in [2.24, 2.45) is 0 Å². The molecule has 0 amide bonds. The zero-order valence-corrected chi connectivity index (χ0v) is 29.3. The fraction of sp³-hybridized carbons (Fsp3) is 0.0196. The van der Waals surface area contributed by atoms with Gasteiger partial charge in [0.05, 0.1) is 11.0 Å². The molecule has 1 aromatic heterocycles. The first-order chi connectivity index (χ1) is 26.2. The molecule has 1 aliphatic rings. The van der Waals surface area contributed by atoms with E-state index < -0.39 is 0 Å². The molecule has 9 aromatic carbocycles. The van der Waals surface area contributed by atoms with Crippen LogP contribution in [0.25, 0.3) is 82.4 Å². The number of hydrogen-bond donors (Lipinski definition) is 0. The van der Waals surface area contributed by atoms with E-state index in [1.807, 2.05) is 0 Å². The van der Waals surface area contributed by atoms with Crippen LogP contribution in [0.1, 0.15) is 5.56 Å². The van der Waals surface area contributed by atoms with Crippen LogP contribution in [0, 0.1) is 6.92 Å². The van der Waals surface area contributed by atoms with Crippen molar-refractivity contribution in [2.75, 3.05) is 4.90 Å². The molecule has 0 bridgehead atoms. The van der Waals surface area contributed by atoms with Crippen molar-refractivity contribution in [3.05, 3.63) is 194 Å². The highest BCUT2D eigenvalue weighted by molar-refractivity contribution is 6.13. The Morgan fingerprint density at radius 3 is 1.58 bits per heavy atom. The molecule has 1 heterocycles. The number of anilines is 3. The summed E-state index contributed by atoms with van der Waals surface area (Å²) >= 11 is 0. The molecule has 0 unspecified atom stereocenters. The minimum Gasteiger partial charge on any atom is -0.310 e. The van der Waals surface area contributed by atoms with E-state index in [-0.39, 0.29) is 0 Å². The standard InChI is InChI=1S/C51H34N2/c1-33-20-21-37(34-12-4-2-5-13-34)32-51(33)52(40-14-6-3-7-15-40)41-24-22-35-28-45-47(30-38(35)26-41)46-29-36-23-25-42(27-39(36)31-48(45)46)53-49-18-10-8-16-43(49)44-17-9-11-19-50(44)53/h2-32H,1H3. The smallest absolute Gasteiger partial charge is 0.0541 e. The number of aryl methyl sites for hydroxylation is 1. The highest BCUT2D eigenvalue weighted by Gasteiger charge is 2.25. The van der Waals surface area contributed by atoms with Crippen molar-refractivity contribution >= 4 is 60.4 Å². The maximum absolute atomic E-state index is 2.40. The number of hydrogen-bond acceptors (Lipinski definition) is 1. The number of benzene rings is 9. The molecule has 2 nitrogen and oxygen atoms in total. The Balaban J connectivity index is 1.01. The molecule has 0 atom stereocenters. The molecule has 0 saturated carbocycles. The van der Waals surface area contributed by atoms with E-state index in [4.69, 9.17) is 0 Å². The van der Waals surface area contributed by atoms with Gasteiger partial charge in [-0.05, 0) is 146 Å². The van der Waals surface area contributed by atoms with Crippen molar-refractivity contribution in [1.29, 1.82) is 0 Å². The summed E-state index contributed by atoms with van der Waals surface area (Å²) in [5.41, 5.74) is 16.1. The van der Waals surface area contributed by atoms with Crippen LogP contribution in [0.3, 0.4) is 0 Å². The minimum absolute atomic E-state index is 1.14. The molecule has 10 aromatic rings. The molecule has 53 heavy (non-hydrogen) atoms. The van der Waals surface area contributed by atoms with Gasteiger partial charge in [-0.1, -0.05) is 109 Å². The second kappa shape index (κ2) is 11.6. The molecule has 0 N–H and O–H groups in total. The van der Waals surface area contributed by atoms with E-state index in [1.165, 1.54) is 93.7 Å². The van der Waals surface area contributed by atoms with Crippen molar-refractivity contribution < 1.29 is 0 Å². The lowest BCUT2D eigenvalue weighted by atomic mass is 9.78. The summed E-state index contributed by atoms with van der Waals surface area (Å²) in [4.78, 5) is 2.40. The molecular weight excluding hydrogens is 641 g/mol. The third-order valence-electron chi connectivity index (χ3n) is 11.2. The summed E-state index contributed by atoms with van der Waals surface area (Å²) in [6.07, 6.45) is 0. The van der Waals surface area contributed by atoms with Gasteiger partial charge in [0.25, 0.3) is 0 Å². The Kier molecular flexibility index (Phi) is 6.50. The van der Waals surface area contributed by atoms with Crippen LogP contribution in [-0.2, 0) is 0 Å². The zero-order chi connectivity index (χ0) is 35.0. The summed E-state index contributed by atoms with van der Waals surface area (Å²) in [6.45, 7) is 2.21. The Labute approximate surface area is 308 Å². The fourth-order valence-electron chi connectivity index (χ4n) is 8.54. The summed E-state index contributed by atoms with van der Waals surface area (Å²) in [7, 11) is 0. The van der Waals surface area contributed by atoms with E-state index >= 15 is 0 Å². The predicted molar refractivity (Wildman–Crippen MR) is 225 cm³/mol. The van der Waals surface area contributed by atoms with Crippen LogP contribution in [0.15, 0.2) is 188 Å². The highest BCUT2D eigenvalue weighted by Crippen LogP contribution is 2.51. The largest absolute Gasteiger partial charge is 0.310 e. The van der Waals surface area contributed by atoms with Gasteiger partial charge in [-0.3, -0.25) is 0 Å². The lowest BCUT2D eigenvalue weighted by Gasteiger charge is -2.29. The highest BCUT2D eigenvalue weighted by atomic mass is 15.1. The van der Waals surface area contributed by atoms with Crippen molar-refractivity contribution in [3.63, 3.8) is 0 Å². The van der Waals surface area contributed by atoms with Crippen LogP contribution in [0.5, 0.6) is 0 Å². The summed E-state index contributed by atoms with van der Waals surface area (Å²) < 4.78 is 2.40. The second-order valence-corrected chi connectivity index (χ2v) is 14.3. The van der Waals surface area contributed by atoms with Crippen molar-refractivity contribution in [3.8, 4) is 39.1 Å². The molecule has 11 rings (SSSR count). The van der Waals surface area contributed by atoms with Gasteiger partial charge in [-0.2, -0.15) is 0 Å². The maximum Gasteiger partial charge on any atom is 0.0541 e. The first kappa shape index (κ1) is 29.8. The van der Waals surface area contributed by atoms with Crippen LogP contribution < -0.4 is 4.90 Å². The number of nitrogens with zero attached hydrogens (tertiary/aromatic N) is 2. The molecule has 0 aliphatic heterocycles. The van der Waals surface area contributed by atoms with Crippen LogP contribution in [0.4, 0.5) is 17.1 Å². The van der Waals surface area contributed by atoms with Crippen LogP contribution in [-0.4, -0.2) is 4.57 Å². The van der Waals surface area contributed by atoms with Gasteiger partial charge in [0.1, 0.15) is 0 Å². The fourth-order valence-corrected chi connectivity index (χ4v) is 8.54. The summed E-state index contributed by atoms with van der Waals surface area (Å²) in [5.74, 6) is 0. The Hall–Kier alpha value is -6.90. The second-order valence-electron chi connectivity index (χ2n) is 14.3. The predicted octanol–water partition coefficient (Wildman–Crippen LogP) is 14.2. The first-order valence-electron chi connectivity index (χ1n) is 18.3. The van der Waals surface area contributed by atoms with E-state index in [0.717, 1.165) is 11.4 Å². The monoisotopic (exact) mass is 674 g/mol. The molecule has 0 fully saturated rings. The average molecular weight is 675 g/mol. The topological polar surface area (TPSA) is 8.17 Å². The zero-order valence-electron chi connectivity index (χ0n) is 29.3. The molecule has 1 aliphatic carbocycles. The Bertz CT molecular complexity index is 3010. The Morgan fingerprint density at radius 1 is 0.377 bits per heavy atom. The first-order valence-corrected chi connectivity index (χ1v) is 18.3. The molecule has 2 heteroatoms. The third kappa shape index (κ3) is 4.66. The van der Waals surface area contributed by atoms with Crippen molar-refractivity contribution in [1.82, 2.24) is 4.57 Å². The van der Waals surface area contributed by atoms with Gasteiger partial charge in [0.15, 0.2) is 0 Å². The molecule has 0 radical (unpaired) electrons. The van der Waals surface area contributed by atoms with E-state index in [2.05, 4.69) is 204 Å². The van der Waals surface area contributed by atoms with Crippen LogP contribution >= 0.6 is 0 Å². The number of fused-ring (bicyclic) bond motifs is 9. The van der Waals surface area contributed by atoms with E-state index in [1.54, 1.807) is 0 Å². The molecule has 0 spiro atoms. The normalized spacial score (nSPS) is 11.9. The van der Waals surface area contributed by atoms with Gasteiger partial charge < -0.3 is 9.47 Å². The summed E-state index contributed by atoms with van der Waals surface area (Å²) in [5, 5.41) is 7.58. The van der Waals surface area contributed by atoms with Gasteiger partial charge in [0, 0.05) is 33.5 Å². The van der Waals surface area contributed by atoms with E-state index in [0.29, 0.717) is 0 Å². The molecular formula is C51H34N2. The minimum atomic E-state index is 1.14. The number of aromatic nitrogens is 1. The van der Waals surface area contributed by atoms with Crippen molar-refractivity contribution in [2.45, 2.75) is 6.92 Å². The maximum atomic E-state index is 2.40. The van der Waals surface area contributed by atoms with Gasteiger partial charge in [-0.15, -0.1) is 0 Å². The van der Waals surface area contributed by atoms with Gasteiger partial charge in [0.2, 0.25) is 0 Å². The van der Waals surface area contributed by atoms with Gasteiger partial charge >= 0.3 is 0 Å². The number of para-hydroxylation sites is 3. The summed E-state index contributed by atoms with van der Waals surface area (Å²) in [6, 6.07) is 69.0. The molecule has 248 valence electrons. The van der Waals surface area contributed by atoms with E-state index in [9.17, 15) is 0 Å². The lowest BCUT2D eigenvalue weighted by Crippen LogP contribution is -2.11. The Morgan fingerprint density at radius 2 is 0.925 bits per heavy atom. The van der Waals surface area contributed by atoms with Crippen LogP contribution in [0.2, 0.25) is 0 Å². The average Bonchev–Trinajstić information content (AvgIpc) is 3.55. The van der Waals surface area contributed by atoms with Gasteiger partial charge in [-0.25, -0.2) is 0 Å². The quantitative estimate of drug-likeness (QED) is 0.176. The SMILES string of the molecule is Cc1ccc(-c2ccccc2)cc1N(c1ccccc1)c1ccc2cc3c(cc2c1)-c1cc2ccc(-n4c5ccccc5c5ccccc54)cc2cc1-3. The number of rotatable bonds is 5.